The standard InChI is InChI=1S/C25H20ClF3N2O3S/c1-25(2,32)24-21(26)23(17-8-5-9-18(27)22(17)29)31(30-24)20-11-10-15(13-19(20)28)14-6-4-7-16(12-14)35(3,33)34/h4-13,32H,1-3H3. The van der Waals surface area contributed by atoms with E-state index in [1.807, 2.05) is 0 Å². The smallest absolute Gasteiger partial charge is 0.175 e. The Morgan fingerprint density at radius 3 is 2.23 bits per heavy atom. The SMILES string of the molecule is CC(C)(O)c1nn(-c2ccc(-c3cccc(S(C)(=O)=O)c3)cc2F)c(-c2cccc(F)c2F)c1Cl. The number of benzene rings is 3. The van der Waals surface area contributed by atoms with E-state index in [0.717, 1.165) is 17.0 Å². The number of hydrogen-bond donors (Lipinski definition) is 1. The molecular formula is C25H20ClF3N2O3S. The number of aliphatic hydroxyl groups is 1. The Kier molecular flexibility index (Phi) is 6.29. The molecule has 0 aliphatic heterocycles. The predicted molar refractivity (Wildman–Crippen MR) is 128 cm³/mol. The fraction of sp³-hybridized carbons (Fsp3) is 0.160. The summed E-state index contributed by atoms with van der Waals surface area (Å²) < 4.78 is 68.9. The molecule has 0 amide bonds. The monoisotopic (exact) mass is 520 g/mol. The van der Waals surface area contributed by atoms with E-state index in [4.69, 9.17) is 11.6 Å². The molecule has 0 radical (unpaired) electrons. The summed E-state index contributed by atoms with van der Waals surface area (Å²) in [6.07, 6.45) is 1.07. The maximum Gasteiger partial charge on any atom is 0.175 e. The quantitative estimate of drug-likeness (QED) is 0.355. The van der Waals surface area contributed by atoms with E-state index in [2.05, 4.69) is 5.10 Å². The summed E-state index contributed by atoms with van der Waals surface area (Å²) in [5.41, 5.74) is -1.30. The van der Waals surface area contributed by atoms with Crippen LogP contribution in [0.25, 0.3) is 28.1 Å². The van der Waals surface area contributed by atoms with Gasteiger partial charge in [-0.1, -0.05) is 35.9 Å². The van der Waals surface area contributed by atoms with Gasteiger partial charge in [0.05, 0.1) is 15.6 Å². The summed E-state index contributed by atoms with van der Waals surface area (Å²) >= 11 is 6.45. The molecule has 0 aliphatic carbocycles. The minimum absolute atomic E-state index is 0.0536. The zero-order chi connectivity index (χ0) is 25.7. The lowest BCUT2D eigenvalue weighted by Gasteiger charge is -2.14. The minimum Gasteiger partial charge on any atom is -0.384 e. The first-order valence-corrected chi connectivity index (χ1v) is 12.6. The average Bonchev–Trinajstić information content (AvgIpc) is 3.12. The van der Waals surface area contributed by atoms with Crippen molar-refractivity contribution in [3.05, 3.63) is 88.8 Å². The molecule has 10 heteroatoms. The van der Waals surface area contributed by atoms with Crippen molar-refractivity contribution in [3.63, 3.8) is 0 Å². The molecule has 0 spiro atoms. The summed E-state index contributed by atoms with van der Waals surface area (Å²) in [6, 6.07) is 13.6. The molecule has 0 aliphatic rings. The van der Waals surface area contributed by atoms with E-state index in [1.54, 1.807) is 12.1 Å². The van der Waals surface area contributed by atoms with Gasteiger partial charge in [-0.2, -0.15) is 5.10 Å². The van der Waals surface area contributed by atoms with Gasteiger partial charge >= 0.3 is 0 Å². The Balaban J connectivity index is 1.92. The lowest BCUT2D eigenvalue weighted by atomic mass is 10.0. The predicted octanol–water partition coefficient (Wildman–Crippen LogP) is 5.91. The highest BCUT2D eigenvalue weighted by Gasteiger charge is 2.31. The van der Waals surface area contributed by atoms with Crippen molar-refractivity contribution in [1.82, 2.24) is 9.78 Å². The van der Waals surface area contributed by atoms with Gasteiger partial charge in [0.1, 0.15) is 22.8 Å². The first-order valence-electron chi connectivity index (χ1n) is 10.3. The van der Waals surface area contributed by atoms with Crippen LogP contribution in [-0.2, 0) is 15.4 Å². The Bertz CT molecular complexity index is 1560. The highest BCUT2D eigenvalue weighted by Crippen LogP contribution is 2.39. The second-order valence-electron chi connectivity index (χ2n) is 8.55. The highest BCUT2D eigenvalue weighted by molar-refractivity contribution is 7.90. The van der Waals surface area contributed by atoms with E-state index in [-0.39, 0.29) is 32.6 Å². The van der Waals surface area contributed by atoms with Gasteiger partial charge < -0.3 is 5.11 Å². The van der Waals surface area contributed by atoms with Crippen LogP contribution >= 0.6 is 11.6 Å². The van der Waals surface area contributed by atoms with Gasteiger partial charge in [-0.25, -0.2) is 26.3 Å². The Morgan fingerprint density at radius 2 is 1.60 bits per heavy atom. The normalized spacial score (nSPS) is 12.2. The third-order valence-electron chi connectivity index (χ3n) is 5.39. The van der Waals surface area contributed by atoms with E-state index < -0.39 is 32.9 Å². The van der Waals surface area contributed by atoms with Crippen LogP contribution in [0.5, 0.6) is 0 Å². The molecule has 0 unspecified atom stereocenters. The van der Waals surface area contributed by atoms with Gasteiger partial charge in [-0.15, -0.1) is 0 Å². The fourth-order valence-corrected chi connectivity index (χ4v) is 4.77. The maximum atomic E-state index is 15.4. The molecular weight excluding hydrogens is 501 g/mol. The number of rotatable bonds is 5. The van der Waals surface area contributed by atoms with Gasteiger partial charge in [-0.3, -0.25) is 0 Å². The molecule has 4 aromatic rings. The van der Waals surface area contributed by atoms with Crippen LogP contribution in [0.3, 0.4) is 0 Å². The van der Waals surface area contributed by atoms with Crippen molar-refractivity contribution in [2.75, 3.05) is 6.26 Å². The zero-order valence-corrected chi connectivity index (χ0v) is 20.4. The molecule has 0 fully saturated rings. The summed E-state index contributed by atoms with van der Waals surface area (Å²) in [5, 5.41) is 14.6. The van der Waals surface area contributed by atoms with Crippen LogP contribution in [-0.4, -0.2) is 29.6 Å². The molecule has 5 nitrogen and oxygen atoms in total. The summed E-state index contributed by atoms with van der Waals surface area (Å²) in [6.45, 7) is 2.82. The third-order valence-corrected chi connectivity index (χ3v) is 6.85. The lowest BCUT2D eigenvalue weighted by Crippen LogP contribution is -2.17. The number of aromatic nitrogens is 2. The molecule has 0 bridgehead atoms. The van der Waals surface area contributed by atoms with Gasteiger partial charge in [0.2, 0.25) is 0 Å². The van der Waals surface area contributed by atoms with Crippen LogP contribution in [0.1, 0.15) is 19.5 Å². The molecule has 0 saturated heterocycles. The molecule has 182 valence electrons. The molecule has 3 aromatic carbocycles. The summed E-state index contributed by atoms with van der Waals surface area (Å²) in [4.78, 5) is 0.0806. The molecule has 1 heterocycles. The number of nitrogens with zero attached hydrogens (tertiary/aromatic N) is 2. The van der Waals surface area contributed by atoms with Gasteiger partial charge in [0.25, 0.3) is 0 Å². The first kappa shape index (κ1) is 25.0. The third kappa shape index (κ3) is 4.71. The van der Waals surface area contributed by atoms with Gasteiger partial charge in [-0.05, 0) is 61.4 Å². The van der Waals surface area contributed by atoms with Crippen LogP contribution in [0.15, 0.2) is 65.6 Å². The lowest BCUT2D eigenvalue weighted by molar-refractivity contribution is 0.0735. The topological polar surface area (TPSA) is 72.2 Å². The number of hydrogen-bond acceptors (Lipinski definition) is 4. The van der Waals surface area contributed by atoms with Crippen LogP contribution < -0.4 is 0 Å². The second kappa shape index (κ2) is 8.82. The highest BCUT2D eigenvalue weighted by atomic mass is 35.5. The minimum atomic E-state index is -3.47. The maximum absolute atomic E-state index is 15.4. The van der Waals surface area contributed by atoms with Gasteiger partial charge in [0, 0.05) is 11.8 Å². The fourth-order valence-electron chi connectivity index (χ4n) is 3.65. The zero-order valence-electron chi connectivity index (χ0n) is 18.9. The molecule has 0 saturated carbocycles. The summed E-state index contributed by atoms with van der Waals surface area (Å²) in [5.74, 6) is -3.11. The molecule has 35 heavy (non-hydrogen) atoms. The Hall–Kier alpha value is -3.14. The molecule has 4 rings (SSSR count). The van der Waals surface area contributed by atoms with Crippen LogP contribution in [0.2, 0.25) is 5.02 Å². The van der Waals surface area contributed by atoms with Crippen LogP contribution in [0.4, 0.5) is 13.2 Å². The number of halogens is 4. The Morgan fingerprint density at radius 1 is 0.943 bits per heavy atom. The van der Waals surface area contributed by atoms with E-state index in [9.17, 15) is 22.3 Å². The molecule has 1 N–H and O–H groups in total. The van der Waals surface area contributed by atoms with Crippen molar-refractivity contribution in [3.8, 4) is 28.1 Å². The largest absolute Gasteiger partial charge is 0.384 e. The molecule has 0 atom stereocenters. The van der Waals surface area contributed by atoms with E-state index in [0.29, 0.717) is 11.1 Å². The van der Waals surface area contributed by atoms with Gasteiger partial charge in [0.15, 0.2) is 21.5 Å². The Labute approximate surface area is 205 Å². The van der Waals surface area contributed by atoms with Crippen LogP contribution in [0, 0.1) is 17.5 Å². The first-order chi connectivity index (χ1) is 16.3. The van der Waals surface area contributed by atoms with E-state index >= 15 is 4.39 Å². The van der Waals surface area contributed by atoms with Crippen molar-refractivity contribution in [1.29, 1.82) is 0 Å². The average molecular weight is 521 g/mol. The summed E-state index contributed by atoms with van der Waals surface area (Å²) in [7, 11) is -3.47. The molecule has 1 aromatic heterocycles. The number of sulfone groups is 1. The van der Waals surface area contributed by atoms with Crippen molar-refractivity contribution in [2.24, 2.45) is 0 Å². The van der Waals surface area contributed by atoms with E-state index in [1.165, 1.54) is 56.3 Å². The van der Waals surface area contributed by atoms with Crippen molar-refractivity contribution in [2.45, 2.75) is 24.3 Å². The second-order valence-corrected chi connectivity index (χ2v) is 10.9. The van der Waals surface area contributed by atoms with Crippen molar-refractivity contribution < 1.29 is 26.7 Å². The van der Waals surface area contributed by atoms with Crippen molar-refractivity contribution >= 4 is 21.4 Å².